The number of carbonyl (C=O) groups excluding carboxylic acids is 1. The number of likely N-dealkylation sites (tertiary alicyclic amines) is 2. The van der Waals surface area contributed by atoms with Crippen LogP contribution >= 0.6 is 11.3 Å². The Balaban J connectivity index is 1.48. The lowest BCUT2D eigenvalue weighted by Gasteiger charge is -2.40. The fraction of sp³-hybridized carbons (Fsp3) is 0.588. The lowest BCUT2D eigenvalue weighted by molar-refractivity contribution is 0.0592. The van der Waals surface area contributed by atoms with E-state index in [1.165, 1.54) is 43.7 Å². The maximum atomic E-state index is 12.9. The van der Waals surface area contributed by atoms with Crippen molar-refractivity contribution in [3.63, 3.8) is 0 Å². The number of thiophene rings is 1. The Hall–Kier alpha value is -1.93. The molecule has 2 aliphatic heterocycles. The monoisotopic (exact) mass is 361 g/mol. The molecule has 2 fully saturated rings. The Morgan fingerprint density at radius 2 is 1.92 bits per heavy atom. The number of nitrogens with one attached hydrogen (secondary N) is 1. The molecule has 0 atom stereocenters. The van der Waals surface area contributed by atoms with Gasteiger partial charge in [-0.2, -0.15) is 0 Å². The molecule has 0 radical (unpaired) electrons. The molecule has 4 rings (SSSR count). The summed E-state index contributed by atoms with van der Waals surface area (Å²) in [5, 5.41) is 1.73. The predicted octanol–water partition coefficient (Wildman–Crippen LogP) is 1.66. The second-order valence-electron chi connectivity index (χ2n) is 6.90. The number of aromatic amines is 1. The minimum absolute atomic E-state index is 0.0409. The predicted molar refractivity (Wildman–Crippen MR) is 99.0 cm³/mol. The highest BCUT2D eigenvalue weighted by molar-refractivity contribution is 7.17. The first kappa shape index (κ1) is 16.5. The van der Waals surface area contributed by atoms with Crippen molar-refractivity contribution in [2.75, 3.05) is 31.9 Å². The highest BCUT2D eigenvalue weighted by atomic mass is 32.1. The highest BCUT2D eigenvalue weighted by Crippen LogP contribution is 2.26. The van der Waals surface area contributed by atoms with Crippen LogP contribution in [0.3, 0.4) is 0 Å². The van der Waals surface area contributed by atoms with Crippen LogP contribution in [0.2, 0.25) is 0 Å². The summed E-state index contributed by atoms with van der Waals surface area (Å²) in [6.07, 6.45) is 5.96. The van der Waals surface area contributed by atoms with E-state index in [0.29, 0.717) is 21.8 Å². The van der Waals surface area contributed by atoms with Crippen molar-refractivity contribution in [1.82, 2.24) is 19.8 Å². The number of nitrogen functional groups attached to an aromatic ring is 1. The number of nitrogens with zero attached hydrogens (tertiary/aromatic N) is 3. The van der Waals surface area contributed by atoms with E-state index in [9.17, 15) is 9.59 Å². The van der Waals surface area contributed by atoms with Gasteiger partial charge in [-0.15, -0.1) is 11.3 Å². The third-order valence-electron chi connectivity index (χ3n) is 5.33. The second kappa shape index (κ2) is 6.76. The molecule has 1 amide bonds. The number of amides is 1. The number of nitrogens with two attached hydrogens (primary N) is 1. The van der Waals surface area contributed by atoms with E-state index in [2.05, 4.69) is 14.9 Å². The van der Waals surface area contributed by atoms with Crippen LogP contribution in [0, 0.1) is 0 Å². The van der Waals surface area contributed by atoms with Gasteiger partial charge in [0, 0.05) is 24.5 Å². The summed E-state index contributed by atoms with van der Waals surface area (Å²) in [5.41, 5.74) is 6.28. The van der Waals surface area contributed by atoms with E-state index in [4.69, 9.17) is 5.73 Å². The zero-order valence-corrected chi connectivity index (χ0v) is 15.0. The molecule has 134 valence electrons. The molecule has 0 saturated carbocycles. The van der Waals surface area contributed by atoms with Gasteiger partial charge in [-0.1, -0.05) is 6.42 Å². The maximum absolute atomic E-state index is 12.9. The Morgan fingerprint density at radius 1 is 1.20 bits per heavy atom. The van der Waals surface area contributed by atoms with Gasteiger partial charge in [0.05, 0.1) is 5.56 Å². The number of fused-ring (bicyclic) bond motifs is 1. The van der Waals surface area contributed by atoms with E-state index in [0.717, 1.165) is 25.9 Å². The third-order valence-corrected chi connectivity index (χ3v) is 6.30. The molecule has 0 unspecified atom stereocenters. The Kier molecular flexibility index (Phi) is 4.47. The summed E-state index contributed by atoms with van der Waals surface area (Å²) < 4.78 is 0.459. The molecule has 2 saturated heterocycles. The van der Waals surface area contributed by atoms with Gasteiger partial charge >= 0.3 is 0 Å². The maximum Gasteiger partial charge on any atom is 0.270 e. The molecular formula is C17H23N5O2S. The number of rotatable bonds is 2. The van der Waals surface area contributed by atoms with Crippen molar-refractivity contribution in [1.29, 1.82) is 0 Å². The number of aromatic nitrogens is 2. The molecule has 3 N–H and O–H groups in total. The molecule has 2 aromatic rings. The number of anilines is 1. The van der Waals surface area contributed by atoms with Crippen LogP contribution in [0.4, 0.5) is 5.95 Å². The fourth-order valence-corrected chi connectivity index (χ4v) is 4.86. The first-order chi connectivity index (χ1) is 12.1. The number of hydrogen-bond donors (Lipinski definition) is 2. The molecule has 0 bridgehead atoms. The Bertz CT molecular complexity index is 831. The fourth-order valence-electron chi connectivity index (χ4n) is 3.98. The van der Waals surface area contributed by atoms with Crippen molar-refractivity contribution in [2.45, 2.75) is 38.1 Å². The van der Waals surface area contributed by atoms with Crippen LogP contribution in [0.5, 0.6) is 0 Å². The average Bonchev–Trinajstić information content (AvgIpc) is 3.06. The summed E-state index contributed by atoms with van der Waals surface area (Å²) >= 11 is 1.25. The molecule has 2 aromatic heterocycles. The van der Waals surface area contributed by atoms with Gasteiger partial charge < -0.3 is 15.5 Å². The number of carbonyl (C=O) groups is 1. The van der Waals surface area contributed by atoms with E-state index in [-0.39, 0.29) is 17.4 Å². The molecule has 0 spiro atoms. The van der Waals surface area contributed by atoms with Gasteiger partial charge in [-0.05, 0) is 38.8 Å². The van der Waals surface area contributed by atoms with Gasteiger partial charge in [0.2, 0.25) is 5.95 Å². The van der Waals surface area contributed by atoms with Crippen LogP contribution in [-0.2, 0) is 0 Å². The topological polar surface area (TPSA) is 95.3 Å². The Morgan fingerprint density at radius 3 is 2.64 bits per heavy atom. The van der Waals surface area contributed by atoms with Crippen LogP contribution in [0.15, 0.2) is 10.2 Å². The largest absolute Gasteiger partial charge is 0.369 e. The smallest absolute Gasteiger partial charge is 0.270 e. The number of piperidine rings is 2. The SMILES string of the molecule is Nc1nc2c(C(=O)N3CCC(N4CCCCC4)CC3)csc2c(=O)[nH]1. The molecule has 8 heteroatoms. The van der Waals surface area contributed by atoms with Crippen LogP contribution in [0.25, 0.3) is 10.2 Å². The van der Waals surface area contributed by atoms with Crippen LogP contribution in [-0.4, -0.2) is 57.9 Å². The number of H-pyrrole nitrogens is 1. The van der Waals surface area contributed by atoms with Crippen LogP contribution < -0.4 is 11.3 Å². The van der Waals surface area contributed by atoms with Gasteiger partial charge in [0.15, 0.2) is 0 Å². The number of hydrogen-bond acceptors (Lipinski definition) is 6. The molecule has 0 aromatic carbocycles. The Labute approximate surface area is 149 Å². The van der Waals surface area contributed by atoms with E-state index < -0.39 is 0 Å². The van der Waals surface area contributed by atoms with Crippen molar-refractivity contribution in [3.05, 3.63) is 21.3 Å². The zero-order valence-electron chi connectivity index (χ0n) is 14.2. The summed E-state index contributed by atoms with van der Waals surface area (Å²) in [4.78, 5) is 36.0. The van der Waals surface area contributed by atoms with E-state index >= 15 is 0 Å². The molecule has 2 aliphatic rings. The van der Waals surface area contributed by atoms with Gasteiger partial charge in [0.1, 0.15) is 10.2 Å². The molecule has 7 nitrogen and oxygen atoms in total. The standard InChI is InChI=1S/C17H23N5O2S/c18-17-19-13-12(10-25-14(13)15(23)20-17)16(24)22-8-4-11(5-9-22)21-6-2-1-3-7-21/h10-11H,1-9H2,(H3,18,19,20,23). The minimum atomic E-state index is -0.282. The average molecular weight is 361 g/mol. The van der Waals surface area contributed by atoms with Crippen molar-refractivity contribution in [2.24, 2.45) is 0 Å². The van der Waals surface area contributed by atoms with E-state index in [1.807, 2.05) is 4.90 Å². The quantitative estimate of drug-likeness (QED) is 0.848. The molecular weight excluding hydrogens is 338 g/mol. The summed E-state index contributed by atoms with van der Waals surface area (Å²) in [5.74, 6) is 0.00889. The highest BCUT2D eigenvalue weighted by Gasteiger charge is 2.29. The zero-order chi connectivity index (χ0) is 17.4. The van der Waals surface area contributed by atoms with Gasteiger partial charge in [0.25, 0.3) is 11.5 Å². The third kappa shape index (κ3) is 3.16. The van der Waals surface area contributed by atoms with Crippen molar-refractivity contribution >= 4 is 33.4 Å². The first-order valence-corrected chi connectivity index (χ1v) is 9.82. The first-order valence-electron chi connectivity index (χ1n) is 8.94. The van der Waals surface area contributed by atoms with Crippen LogP contribution in [0.1, 0.15) is 42.5 Å². The lowest BCUT2D eigenvalue weighted by atomic mass is 9.99. The molecule has 25 heavy (non-hydrogen) atoms. The van der Waals surface area contributed by atoms with Gasteiger partial charge in [-0.3, -0.25) is 14.6 Å². The van der Waals surface area contributed by atoms with Gasteiger partial charge in [-0.25, -0.2) is 4.98 Å². The van der Waals surface area contributed by atoms with E-state index in [1.54, 1.807) is 5.38 Å². The molecule has 0 aliphatic carbocycles. The minimum Gasteiger partial charge on any atom is -0.369 e. The summed E-state index contributed by atoms with van der Waals surface area (Å²) in [7, 11) is 0. The second-order valence-corrected chi connectivity index (χ2v) is 7.78. The van der Waals surface area contributed by atoms with Crippen molar-refractivity contribution < 1.29 is 4.79 Å². The van der Waals surface area contributed by atoms with Crippen molar-refractivity contribution in [3.8, 4) is 0 Å². The molecule has 4 heterocycles. The summed E-state index contributed by atoms with van der Waals surface area (Å²) in [6, 6.07) is 0.597. The summed E-state index contributed by atoms with van der Waals surface area (Å²) in [6.45, 7) is 3.91. The lowest BCUT2D eigenvalue weighted by Crippen LogP contribution is -2.48. The normalized spacial score (nSPS) is 20.2.